The average molecular weight is 486 g/mol. The number of anilines is 2. The maximum Gasteiger partial charge on any atom is 0.293 e. The van der Waals surface area contributed by atoms with Crippen molar-refractivity contribution in [2.45, 2.75) is 19.3 Å². The number of benzene rings is 2. The normalized spacial score (nSPS) is 16.9. The highest BCUT2D eigenvalue weighted by Gasteiger charge is 2.27. The Morgan fingerprint density at radius 1 is 1.00 bits per heavy atom. The van der Waals surface area contributed by atoms with Gasteiger partial charge in [-0.3, -0.25) is 14.9 Å². The topological polar surface area (TPSA) is 82.8 Å². The summed E-state index contributed by atoms with van der Waals surface area (Å²) in [6.45, 7) is 3.99. The number of piperidine rings is 1. The minimum atomic E-state index is -0.378. The van der Waals surface area contributed by atoms with Crippen LogP contribution in [0.3, 0.4) is 0 Å². The molecule has 0 aliphatic carbocycles. The number of piperazine rings is 1. The zero-order valence-corrected chi connectivity index (χ0v) is 19.6. The van der Waals surface area contributed by atoms with Crippen LogP contribution in [0.2, 0.25) is 5.02 Å². The first-order chi connectivity index (χ1) is 16.0. The lowest BCUT2D eigenvalue weighted by molar-refractivity contribution is -0.384. The number of hydrogen-bond donors (Lipinski definition) is 0. The molecule has 2 fully saturated rings. The van der Waals surface area contributed by atoms with Crippen LogP contribution in [0.15, 0.2) is 36.4 Å². The number of aromatic nitrogens is 1. The van der Waals surface area contributed by atoms with E-state index in [2.05, 4.69) is 14.8 Å². The maximum atomic E-state index is 13.1. The van der Waals surface area contributed by atoms with Crippen molar-refractivity contribution >= 4 is 55.6 Å². The number of carbonyl (C=O) groups excluding carboxylic acids is 1. The van der Waals surface area contributed by atoms with Crippen molar-refractivity contribution in [3.05, 3.63) is 57.1 Å². The van der Waals surface area contributed by atoms with Gasteiger partial charge in [-0.25, -0.2) is 4.98 Å². The van der Waals surface area contributed by atoms with Crippen molar-refractivity contribution < 1.29 is 9.72 Å². The van der Waals surface area contributed by atoms with E-state index >= 15 is 0 Å². The number of para-hydroxylation sites is 1. The van der Waals surface area contributed by atoms with Crippen LogP contribution in [0.4, 0.5) is 16.5 Å². The van der Waals surface area contributed by atoms with Crippen LogP contribution in [0, 0.1) is 10.1 Å². The number of nitro groups is 1. The number of hydrogen-bond acceptors (Lipinski definition) is 7. The summed E-state index contributed by atoms with van der Waals surface area (Å²) in [6, 6.07) is 10.6. The van der Waals surface area contributed by atoms with Crippen LogP contribution in [0.1, 0.15) is 29.6 Å². The monoisotopic (exact) mass is 485 g/mol. The van der Waals surface area contributed by atoms with E-state index in [1.807, 2.05) is 18.2 Å². The number of rotatable bonds is 4. The fourth-order valence-electron chi connectivity index (χ4n) is 4.53. The second-order valence-electron chi connectivity index (χ2n) is 8.37. The summed E-state index contributed by atoms with van der Waals surface area (Å²) in [5.41, 5.74) is 1.78. The largest absolute Gasteiger partial charge is 0.366 e. The molecular weight excluding hydrogens is 462 g/mol. The molecule has 1 amide bonds. The highest BCUT2D eigenvalue weighted by atomic mass is 35.5. The second-order valence-corrected chi connectivity index (χ2v) is 9.79. The molecule has 8 nitrogen and oxygen atoms in total. The maximum absolute atomic E-state index is 13.1. The van der Waals surface area contributed by atoms with Crippen molar-refractivity contribution in [1.82, 2.24) is 9.88 Å². The van der Waals surface area contributed by atoms with E-state index in [0.29, 0.717) is 42.5 Å². The first-order valence-electron chi connectivity index (χ1n) is 11.1. The van der Waals surface area contributed by atoms with Gasteiger partial charge in [0.15, 0.2) is 5.13 Å². The molecule has 5 rings (SSSR count). The van der Waals surface area contributed by atoms with Gasteiger partial charge in [-0.15, -0.1) is 0 Å². The number of fused-ring (bicyclic) bond motifs is 1. The Balaban J connectivity index is 1.29. The van der Waals surface area contributed by atoms with Crippen LogP contribution >= 0.6 is 22.9 Å². The summed E-state index contributed by atoms with van der Waals surface area (Å²) in [4.78, 5) is 35.2. The van der Waals surface area contributed by atoms with Crippen molar-refractivity contribution in [2.24, 2.45) is 0 Å². The predicted octanol–water partition coefficient (Wildman–Crippen LogP) is 4.81. The summed E-state index contributed by atoms with van der Waals surface area (Å²) in [6.07, 6.45) is 3.21. The van der Waals surface area contributed by atoms with Crippen molar-refractivity contribution in [3.63, 3.8) is 0 Å². The molecule has 33 heavy (non-hydrogen) atoms. The molecule has 0 N–H and O–H groups in total. The van der Waals surface area contributed by atoms with Crippen molar-refractivity contribution in [3.8, 4) is 0 Å². The zero-order chi connectivity index (χ0) is 22.9. The summed E-state index contributed by atoms with van der Waals surface area (Å²) in [5, 5.41) is 13.3. The molecule has 0 atom stereocenters. The van der Waals surface area contributed by atoms with E-state index in [1.165, 1.54) is 6.07 Å². The Bertz CT molecular complexity index is 1200. The van der Waals surface area contributed by atoms with Gasteiger partial charge in [-0.05, 0) is 43.5 Å². The van der Waals surface area contributed by atoms with Gasteiger partial charge in [0.25, 0.3) is 11.6 Å². The standard InChI is InChI=1S/C23H24ClN5O3S/c24-17-5-4-6-20-21(17)25-23(33-20)28-13-11-27(12-14-28)22(30)16-7-8-18(19(15-16)29(31)32)26-9-2-1-3-10-26/h4-8,15H,1-3,9-14H2. The molecule has 10 heteroatoms. The third-order valence-corrected chi connectivity index (χ3v) is 7.70. The van der Waals surface area contributed by atoms with Crippen LogP contribution in [-0.2, 0) is 0 Å². The van der Waals surface area contributed by atoms with E-state index in [1.54, 1.807) is 28.4 Å². The molecule has 0 saturated carbocycles. The van der Waals surface area contributed by atoms with Gasteiger partial charge < -0.3 is 14.7 Å². The van der Waals surface area contributed by atoms with E-state index in [0.717, 1.165) is 47.7 Å². The second kappa shape index (κ2) is 9.15. The van der Waals surface area contributed by atoms with Crippen LogP contribution in [-0.4, -0.2) is 60.0 Å². The lowest BCUT2D eigenvalue weighted by atomic mass is 10.1. The van der Waals surface area contributed by atoms with Gasteiger partial charge in [0.05, 0.1) is 14.6 Å². The van der Waals surface area contributed by atoms with Gasteiger partial charge in [0.1, 0.15) is 11.2 Å². The molecular formula is C23H24ClN5O3S. The molecule has 3 aromatic rings. The lowest BCUT2D eigenvalue weighted by Crippen LogP contribution is -2.48. The van der Waals surface area contributed by atoms with E-state index in [-0.39, 0.29) is 16.5 Å². The van der Waals surface area contributed by atoms with E-state index in [9.17, 15) is 14.9 Å². The Hall–Kier alpha value is -2.91. The van der Waals surface area contributed by atoms with Crippen molar-refractivity contribution in [2.75, 3.05) is 49.1 Å². The third kappa shape index (κ3) is 4.35. The Labute approximate surface area is 200 Å². The minimum Gasteiger partial charge on any atom is -0.366 e. The predicted molar refractivity (Wildman–Crippen MR) is 132 cm³/mol. The molecule has 2 saturated heterocycles. The van der Waals surface area contributed by atoms with Gasteiger partial charge >= 0.3 is 0 Å². The number of carbonyl (C=O) groups is 1. The average Bonchev–Trinajstić information content (AvgIpc) is 3.30. The molecule has 2 aliphatic rings. The molecule has 0 unspecified atom stereocenters. The molecule has 0 spiro atoms. The number of amides is 1. The highest BCUT2D eigenvalue weighted by molar-refractivity contribution is 7.22. The smallest absolute Gasteiger partial charge is 0.293 e. The summed E-state index contributed by atoms with van der Waals surface area (Å²) in [7, 11) is 0. The van der Waals surface area contributed by atoms with Gasteiger partial charge in [0, 0.05) is 50.9 Å². The Kier molecular flexibility index (Phi) is 6.07. The quantitative estimate of drug-likeness (QED) is 0.389. The minimum absolute atomic E-state index is 0.00717. The first-order valence-corrected chi connectivity index (χ1v) is 12.3. The molecule has 0 bridgehead atoms. The number of halogens is 1. The Morgan fingerprint density at radius 3 is 2.45 bits per heavy atom. The number of nitrogens with zero attached hydrogens (tertiary/aromatic N) is 5. The first kappa shape index (κ1) is 21.9. The molecule has 2 aromatic carbocycles. The molecule has 2 aliphatic heterocycles. The van der Waals surface area contributed by atoms with E-state index in [4.69, 9.17) is 11.6 Å². The van der Waals surface area contributed by atoms with Crippen LogP contribution in [0.25, 0.3) is 10.2 Å². The third-order valence-electron chi connectivity index (χ3n) is 6.31. The van der Waals surface area contributed by atoms with Gasteiger partial charge in [0.2, 0.25) is 0 Å². The summed E-state index contributed by atoms with van der Waals surface area (Å²) < 4.78 is 1.04. The Morgan fingerprint density at radius 2 is 1.76 bits per heavy atom. The lowest BCUT2D eigenvalue weighted by Gasteiger charge is -2.34. The molecule has 3 heterocycles. The molecule has 0 radical (unpaired) electrons. The zero-order valence-electron chi connectivity index (χ0n) is 18.1. The summed E-state index contributed by atoms with van der Waals surface area (Å²) in [5.74, 6) is -0.171. The fourth-order valence-corrected chi connectivity index (χ4v) is 5.84. The fraction of sp³-hybridized carbons (Fsp3) is 0.391. The SMILES string of the molecule is O=C(c1ccc(N2CCCCC2)c([N+](=O)[O-])c1)N1CCN(c2nc3c(Cl)cccc3s2)CC1. The van der Waals surface area contributed by atoms with Gasteiger partial charge in [-0.1, -0.05) is 29.0 Å². The van der Waals surface area contributed by atoms with Gasteiger partial charge in [-0.2, -0.15) is 0 Å². The van der Waals surface area contributed by atoms with Crippen LogP contribution in [0.5, 0.6) is 0 Å². The molecule has 172 valence electrons. The number of nitro benzene ring substituents is 1. The summed E-state index contributed by atoms with van der Waals surface area (Å²) >= 11 is 7.85. The number of thiazole rings is 1. The van der Waals surface area contributed by atoms with Crippen LogP contribution < -0.4 is 9.80 Å². The van der Waals surface area contributed by atoms with Crippen molar-refractivity contribution in [1.29, 1.82) is 0 Å². The highest BCUT2D eigenvalue weighted by Crippen LogP contribution is 2.34. The molecule has 1 aromatic heterocycles. The van der Waals surface area contributed by atoms with E-state index < -0.39 is 0 Å².